The highest BCUT2D eigenvalue weighted by atomic mass is 19.1. The number of amides is 1. The first-order valence-electron chi connectivity index (χ1n) is 8.22. The third kappa shape index (κ3) is 4.49. The van der Waals surface area contributed by atoms with Gasteiger partial charge >= 0.3 is 5.69 Å². The van der Waals surface area contributed by atoms with Crippen molar-refractivity contribution in [3.8, 4) is 11.5 Å². The molecule has 7 nitrogen and oxygen atoms in total. The molecule has 0 saturated carbocycles. The number of benzene rings is 2. The Labute approximate surface area is 153 Å². The molecule has 1 atom stereocenters. The predicted octanol–water partition coefficient (Wildman–Crippen LogP) is 3.28. The van der Waals surface area contributed by atoms with Gasteiger partial charge in [0.2, 0.25) is 5.82 Å². The second-order valence-corrected chi connectivity index (χ2v) is 5.95. The maximum Gasteiger partial charge on any atom is 0.305 e. The van der Waals surface area contributed by atoms with Gasteiger partial charge in [-0.05, 0) is 37.1 Å². The van der Waals surface area contributed by atoms with Crippen LogP contribution in [-0.4, -0.2) is 24.0 Å². The summed E-state index contributed by atoms with van der Waals surface area (Å²) >= 11 is 0. The van der Waals surface area contributed by atoms with Gasteiger partial charge in [-0.2, -0.15) is 4.39 Å². The second-order valence-electron chi connectivity index (χ2n) is 5.95. The van der Waals surface area contributed by atoms with Gasteiger partial charge in [-0.3, -0.25) is 14.9 Å². The minimum absolute atomic E-state index is 0.0103. The Morgan fingerprint density at radius 3 is 2.85 bits per heavy atom. The number of fused-ring (bicyclic) bond motifs is 1. The molecule has 9 heteroatoms. The molecule has 1 aliphatic rings. The van der Waals surface area contributed by atoms with Crippen molar-refractivity contribution in [1.29, 1.82) is 0 Å². The van der Waals surface area contributed by atoms with Crippen LogP contribution in [0.15, 0.2) is 36.4 Å². The average Bonchev–Trinajstić information content (AvgIpc) is 2.82. The molecule has 0 aliphatic carbocycles. The number of ether oxygens (including phenoxy) is 2. The molecule has 142 valence electrons. The number of halogens is 2. The summed E-state index contributed by atoms with van der Waals surface area (Å²) in [6, 6.07) is 6.69. The van der Waals surface area contributed by atoms with Crippen molar-refractivity contribution >= 4 is 11.6 Å². The van der Waals surface area contributed by atoms with Crippen LogP contribution in [0.3, 0.4) is 0 Å². The maximum atomic E-state index is 13.6. The van der Waals surface area contributed by atoms with Gasteiger partial charge in [-0.15, -0.1) is 0 Å². The molecule has 2 aromatic carbocycles. The molecule has 0 aromatic heterocycles. The third-order valence-corrected chi connectivity index (χ3v) is 4.06. The fourth-order valence-electron chi connectivity index (χ4n) is 2.81. The highest BCUT2D eigenvalue weighted by Crippen LogP contribution is 2.32. The molecule has 3 rings (SSSR count). The van der Waals surface area contributed by atoms with Crippen molar-refractivity contribution in [2.75, 3.05) is 13.2 Å². The van der Waals surface area contributed by atoms with Crippen LogP contribution < -0.4 is 14.8 Å². The molecular weight excluding hydrogens is 362 g/mol. The molecule has 0 unspecified atom stereocenters. The Kier molecular flexibility index (Phi) is 5.49. The van der Waals surface area contributed by atoms with Gasteiger partial charge in [0.25, 0.3) is 5.91 Å². The van der Waals surface area contributed by atoms with E-state index in [2.05, 4.69) is 5.32 Å². The molecule has 0 bridgehead atoms. The van der Waals surface area contributed by atoms with E-state index in [9.17, 15) is 23.7 Å². The number of hydrogen-bond acceptors (Lipinski definition) is 5. The largest absolute Gasteiger partial charge is 0.493 e. The van der Waals surface area contributed by atoms with Gasteiger partial charge in [0.05, 0.1) is 17.6 Å². The van der Waals surface area contributed by atoms with E-state index >= 15 is 0 Å². The van der Waals surface area contributed by atoms with E-state index in [1.54, 1.807) is 0 Å². The Balaban J connectivity index is 1.64. The number of nitro benzene ring substituents is 1. The lowest BCUT2D eigenvalue weighted by molar-refractivity contribution is -0.387. The van der Waals surface area contributed by atoms with E-state index in [0.29, 0.717) is 30.8 Å². The summed E-state index contributed by atoms with van der Waals surface area (Å²) in [6.07, 6.45) is 1.24. The quantitative estimate of drug-likeness (QED) is 0.637. The lowest BCUT2D eigenvalue weighted by Crippen LogP contribution is -2.32. The molecule has 0 saturated heterocycles. The number of nitro groups is 1. The summed E-state index contributed by atoms with van der Waals surface area (Å²) in [7, 11) is 0. The fourth-order valence-corrected chi connectivity index (χ4v) is 2.81. The first kappa shape index (κ1) is 18.6. The number of carbonyl (C=O) groups is 1. The number of rotatable bonds is 5. The molecule has 1 aliphatic heterocycles. The van der Waals surface area contributed by atoms with Crippen LogP contribution >= 0.6 is 0 Å². The molecule has 1 N–H and O–H groups in total. The van der Waals surface area contributed by atoms with Crippen LogP contribution in [0.25, 0.3) is 0 Å². The lowest BCUT2D eigenvalue weighted by atomic mass is 10.0. The maximum absolute atomic E-state index is 13.6. The standard InChI is InChI=1S/C18H16F2N2O5/c19-11-3-6-17-13(8-11)15(2-1-7-26-17)21-18(23)10-27-12-4-5-16(22(24)25)14(20)9-12/h3-6,8-9,15H,1-2,7,10H2,(H,21,23)/t15-/m1/s1. The van der Waals surface area contributed by atoms with E-state index in [1.165, 1.54) is 24.3 Å². The van der Waals surface area contributed by atoms with Crippen LogP contribution in [0, 0.1) is 21.7 Å². The fraction of sp³-hybridized carbons (Fsp3) is 0.278. The first-order valence-corrected chi connectivity index (χ1v) is 8.22. The molecule has 0 spiro atoms. The van der Waals surface area contributed by atoms with E-state index in [1.807, 2.05) is 0 Å². The van der Waals surface area contributed by atoms with Crippen molar-refractivity contribution in [2.24, 2.45) is 0 Å². The molecule has 2 aromatic rings. The SMILES string of the molecule is O=C(COc1ccc([N+](=O)[O-])c(F)c1)N[C@@H]1CCCOc2ccc(F)cc21. The zero-order chi connectivity index (χ0) is 19.4. The second kappa shape index (κ2) is 7.98. The zero-order valence-electron chi connectivity index (χ0n) is 14.1. The lowest BCUT2D eigenvalue weighted by Gasteiger charge is -2.18. The number of nitrogens with zero attached hydrogens (tertiary/aromatic N) is 1. The molecular formula is C18H16F2N2O5. The van der Waals surface area contributed by atoms with Gasteiger partial charge < -0.3 is 14.8 Å². The number of carbonyl (C=O) groups excluding carboxylic acids is 1. The Hall–Kier alpha value is -3.23. The van der Waals surface area contributed by atoms with Crippen LogP contribution in [0.1, 0.15) is 24.4 Å². The molecule has 0 fully saturated rings. The van der Waals surface area contributed by atoms with Crippen molar-refractivity contribution in [2.45, 2.75) is 18.9 Å². The topological polar surface area (TPSA) is 90.7 Å². The Morgan fingerprint density at radius 2 is 2.11 bits per heavy atom. The van der Waals surface area contributed by atoms with E-state index in [-0.39, 0.29) is 5.75 Å². The van der Waals surface area contributed by atoms with Gasteiger partial charge in [0, 0.05) is 17.7 Å². The number of nitrogens with one attached hydrogen (secondary N) is 1. The minimum atomic E-state index is -1.05. The highest BCUT2D eigenvalue weighted by Gasteiger charge is 2.22. The van der Waals surface area contributed by atoms with Gasteiger partial charge in [-0.1, -0.05) is 0 Å². The van der Waals surface area contributed by atoms with Crippen LogP contribution in [0.5, 0.6) is 11.5 Å². The summed E-state index contributed by atoms with van der Waals surface area (Å²) in [5.74, 6) is -1.48. The zero-order valence-corrected chi connectivity index (χ0v) is 14.1. The van der Waals surface area contributed by atoms with Crippen molar-refractivity contribution in [1.82, 2.24) is 5.32 Å². The monoisotopic (exact) mass is 378 g/mol. The van der Waals surface area contributed by atoms with Crippen LogP contribution in [-0.2, 0) is 4.79 Å². The summed E-state index contributed by atoms with van der Waals surface area (Å²) in [4.78, 5) is 21.9. The summed E-state index contributed by atoms with van der Waals surface area (Å²) in [5, 5.41) is 13.3. The summed E-state index contributed by atoms with van der Waals surface area (Å²) in [5.41, 5.74) is -0.133. The Morgan fingerprint density at radius 1 is 1.30 bits per heavy atom. The molecule has 0 radical (unpaired) electrons. The molecule has 1 heterocycles. The van der Waals surface area contributed by atoms with Crippen molar-refractivity contribution < 1.29 is 28.0 Å². The summed E-state index contributed by atoms with van der Waals surface area (Å²) in [6.45, 7) is 0.0445. The smallest absolute Gasteiger partial charge is 0.305 e. The summed E-state index contributed by atoms with van der Waals surface area (Å²) < 4.78 is 37.9. The molecule has 1 amide bonds. The average molecular weight is 378 g/mol. The highest BCUT2D eigenvalue weighted by molar-refractivity contribution is 5.78. The normalized spacial score (nSPS) is 15.9. The third-order valence-electron chi connectivity index (χ3n) is 4.06. The van der Waals surface area contributed by atoms with Crippen LogP contribution in [0.2, 0.25) is 0 Å². The molecule has 27 heavy (non-hydrogen) atoms. The van der Waals surface area contributed by atoms with E-state index < -0.39 is 40.8 Å². The van der Waals surface area contributed by atoms with Gasteiger partial charge in [0.1, 0.15) is 17.3 Å². The predicted molar refractivity (Wildman–Crippen MR) is 90.6 cm³/mol. The van der Waals surface area contributed by atoms with Gasteiger partial charge in [-0.25, -0.2) is 4.39 Å². The van der Waals surface area contributed by atoms with E-state index in [0.717, 1.165) is 12.1 Å². The van der Waals surface area contributed by atoms with E-state index in [4.69, 9.17) is 9.47 Å². The van der Waals surface area contributed by atoms with Crippen LogP contribution in [0.4, 0.5) is 14.5 Å². The Bertz CT molecular complexity index is 875. The number of hydrogen-bond donors (Lipinski definition) is 1. The van der Waals surface area contributed by atoms with Crippen molar-refractivity contribution in [3.05, 3.63) is 63.7 Å². The minimum Gasteiger partial charge on any atom is -0.493 e. The van der Waals surface area contributed by atoms with Gasteiger partial charge in [0.15, 0.2) is 6.61 Å². The van der Waals surface area contributed by atoms with Crippen molar-refractivity contribution in [3.63, 3.8) is 0 Å². The first-order chi connectivity index (χ1) is 12.9.